The van der Waals surface area contributed by atoms with Crippen LogP contribution in [0.4, 0.5) is 0 Å². The first-order chi connectivity index (χ1) is 8.96. The van der Waals surface area contributed by atoms with E-state index in [1.807, 2.05) is 31.2 Å². The third-order valence-corrected chi connectivity index (χ3v) is 3.41. The van der Waals surface area contributed by atoms with Crippen molar-refractivity contribution in [2.75, 3.05) is 19.7 Å². The number of nitrogens with zero attached hydrogens (tertiary/aromatic N) is 1. The zero-order valence-corrected chi connectivity index (χ0v) is 11.6. The number of piperidine rings is 1. The molecule has 1 heterocycles. The standard InChI is InChI=1S/C15H21NO3/c1-12-4-6-13(7-5-12)19-10-14(17)16-9-3-8-15(2,18)11-16/h4-7,18H,3,8-11H2,1-2H3. The molecule has 1 aromatic carbocycles. The van der Waals surface area contributed by atoms with Gasteiger partial charge in [-0.25, -0.2) is 0 Å². The highest BCUT2D eigenvalue weighted by Gasteiger charge is 2.30. The van der Waals surface area contributed by atoms with Gasteiger partial charge >= 0.3 is 0 Å². The first-order valence-electron chi connectivity index (χ1n) is 6.66. The topological polar surface area (TPSA) is 49.8 Å². The Hall–Kier alpha value is -1.55. The van der Waals surface area contributed by atoms with Gasteiger partial charge in [0.15, 0.2) is 6.61 Å². The lowest BCUT2D eigenvalue weighted by Gasteiger charge is -2.36. The van der Waals surface area contributed by atoms with Gasteiger partial charge in [0.25, 0.3) is 5.91 Å². The monoisotopic (exact) mass is 263 g/mol. The number of carbonyl (C=O) groups excluding carboxylic acids is 1. The van der Waals surface area contributed by atoms with E-state index in [1.54, 1.807) is 11.8 Å². The van der Waals surface area contributed by atoms with Crippen molar-refractivity contribution in [3.8, 4) is 5.75 Å². The number of hydrogen-bond donors (Lipinski definition) is 1. The first kappa shape index (κ1) is 13.9. The highest BCUT2D eigenvalue weighted by atomic mass is 16.5. The number of ether oxygens (including phenoxy) is 1. The van der Waals surface area contributed by atoms with Gasteiger partial charge in [-0.15, -0.1) is 0 Å². The second-order valence-corrected chi connectivity index (χ2v) is 5.52. The van der Waals surface area contributed by atoms with Crippen LogP contribution >= 0.6 is 0 Å². The van der Waals surface area contributed by atoms with Gasteiger partial charge in [-0.3, -0.25) is 4.79 Å². The number of amides is 1. The molecule has 2 rings (SSSR count). The zero-order valence-electron chi connectivity index (χ0n) is 11.6. The van der Waals surface area contributed by atoms with Crippen LogP contribution in [0.15, 0.2) is 24.3 Å². The molecule has 1 unspecified atom stereocenters. The molecule has 0 saturated carbocycles. The summed E-state index contributed by atoms with van der Waals surface area (Å²) in [4.78, 5) is 13.7. The number of hydrogen-bond acceptors (Lipinski definition) is 3. The average Bonchev–Trinajstić information content (AvgIpc) is 2.36. The molecule has 1 saturated heterocycles. The molecule has 0 aliphatic carbocycles. The van der Waals surface area contributed by atoms with E-state index >= 15 is 0 Å². The second kappa shape index (κ2) is 5.61. The van der Waals surface area contributed by atoms with Crippen molar-refractivity contribution < 1.29 is 14.6 Å². The molecular weight excluding hydrogens is 242 g/mol. The van der Waals surface area contributed by atoms with Crippen LogP contribution in [-0.4, -0.2) is 41.2 Å². The number of likely N-dealkylation sites (tertiary alicyclic amines) is 1. The summed E-state index contributed by atoms with van der Waals surface area (Å²) in [5.41, 5.74) is 0.392. The van der Waals surface area contributed by atoms with Gasteiger partial charge in [0.05, 0.1) is 5.60 Å². The maximum absolute atomic E-state index is 12.0. The van der Waals surface area contributed by atoms with Crippen molar-refractivity contribution in [2.24, 2.45) is 0 Å². The Balaban J connectivity index is 1.85. The Morgan fingerprint density at radius 1 is 1.42 bits per heavy atom. The molecule has 4 nitrogen and oxygen atoms in total. The first-order valence-corrected chi connectivity index (χ1v) is 6.66. The number of carbonyl (C=O) groups is 1. The Labute approximate surface area is 114 Å². The van der Waals surface area contributed by atoms with Crippen molar-refractivity contribution in [3.05, 3.63) is 29.8 Å². The quantitative estimate of drug-likeness (QED) is 0.904. The molecule has 1 amide bonds. The van der Waals surface area contributed by atoms with Crippen molar-refractivity contribution in [1.82, 2.24) is 4.90 Å². The van der Waals surface area contributed by atoms with Gasteiger partial charge in [0, 0.05) is 13.1 Å². The highest BCUT2D eigenvalue weighted by Crippen LogP contribution is 2.20. The van der Waals surface area contributed by atoms with E-state index in [-0.39, 0.29) is 12.5 Å². The molecule has 0 aromatic heterocycles. The van der Waals surface area contributed by atoms with Gasteiger partial charge in [-0.05, 0) is 38.8 Å². The van der Waals surface area contributed by atoms with Gasteiger partial charge in [-0.1, -0.05) is 17.7 Å². The summed E-state index contributed by atoms with van der Waals surface area (Å²) in [5, 5.41) is 9.97. The normalized spacial score (nSPS) is 23.2. The third kappa shape index (κ3) is 3.96. The van der Waals surface area contributed by atoms with Crippen LogP contribution in [0.1, 0.15) is 25.3 Å². The lowest BCUT2D eigenvalue weighted by Crippen LogP contribution is -2.49. The smallest absolute Gasteiger partial charge is 0.260 e. The van der Waals surface area contributed by atoms with Crippen LogP contribution in [0.25, 0.3) is 0 Å². The lowest BCUT2D eigenvalue weighted by molar-refractivity contribution is -0.139. The zero-order chi connectivity index (χ0) is 13.9. The molecule has 1 aromatic rings. The molecule has 104 valence electrons. The minimum Gasteiger partial charge on any atom is -0.484 e. The van der Waals surface area contributed by atoms with Gasteiger partial charge in [-0.2, -0.15) is 0 Å². The summed E-state index contributed by atoms with van der Waals surface area (Å²) in [7, 11) is 0. The maximum Gasteiger partial charge on any atom is 0.260 e. The fourth-order valence-corrected chi connectivity index (χ4v) is 2.30. The Kier molecular flexibility index (Phi) is 4.10. The number of aliphatic hydroxyl groups is 1. The van der Waals surface area contributed by atoms with Crippen LogP contribution in [0.5, 0.6) is 5.75 Å². The molecule has 1 atom stereocenters. The van der Waals surface area contributed by atoms with Crippen molar-refractivity contribution in [3.63, 3.8) is 0 Å². The molecular formula is C15H21NO3. The SMILES string of the molecule is Cc1ccc(OCC(=O)N2CCCC(C)(O)C2)cc1. The molecule has 0 spiro atoms. The van der Waals surface area contributed by atoms with Crippen molar-refractivity contribution >= 4 is 5.91 Å². The van der Waals surface area contributed by atoms with Crippen LogP contribution < -0.4 is 4.74 Å². The largest absolute Gasteiger partial charge is 0.484 e. The number of benzene rings is 1. The molecule has 0 bridgehead atoms. The Bertz CT molecular complexity index is 439. The van der Waals surface area contributed by atoms with Gasteiger partial charge in [0.2, 0.25) is 0 Å². The summed E-state index contributed by atoms with van der Waals surface area (Å²) >= 11 is 0. The van der Waals surface area contributed by atoms with E-state index in [9.17, 15) is 9.90 Å². The summed E-state index contributed by atoms with van der Waals surface area (Å²) in [6.07, 6.45) is 1.58. The summed E-state index contributed by atoms with van der Waals surface area (Å²) in [6, 6.07) is 7.61. The van der Waals surface area contributed by atoms with E-state index < -0.39 is 5.60 Å². The molecule has 1 N–H and O–H groups in total. The molecule has 1 aliphatic rings. The molecule has 1 aliphatic heterocycles. The molecule has 1 fully saturated rings. The van der Waals surface area contributed by atoms with Crippen LogP contribution in [0.2, 0.25) is 0 Å². The van der Waals surface area contributed by atoms with Crippen LogP contribution in [0.3, 0.4) is 0 Å². The fraction of sp³-hybridized carbons (Fsp3) is 0.533. The fourth-order valence-electron chi connectivity index (χ4n) is 2.30. The third-order valence-electron chi connectivity index (χ3n) is 3.41. The van der Waals surface area contributed by atoms with Gasteiger partial charge in [0.1, 0.15) is 5.75 Å². The summed E-state index contributed by atoms with van der Waals surface area (Å²) < 4.78 is 5.47. The summed E-state index contributed by atoms with van der Waals surface area (Å²) in [5.74, 6) is 0.628. The maximum atomic E-state index is 12.0. The number of aryl methyl sites for hydroxylation is 1. The van der Waals surface area contributed by atoms with E-state index in [2.05, 4.69) is 0 Å². The number of β-amino-alcohol motifs (C(OH)–C–C–N with tert-alkyl or cyclic N) is 1. The second-order valence-electron chi connectivity index (χ2n) is 5.52. The Morgan fingerprint density at radius 3 is 2.74 bits per heavy atom. The minimum absolute atomic E-state index is 0.0269. The van der Waals surface area contributed by atoms with E-state index in [0.717, 1.165) is 18.4 Å². The minimum atomic E-state index is -0.766. The molecule has 0 radical (unpaired) electrons. The predicted octanol–water partition coefficient (Wildman–Crippen LogP) is 1.75. The van der Waals surface area contributed by atoms with E-state index in [0.29, 0.717) is 18.8 Å². The van der Waals surface area contributed by atoms with Crippen molar-refractivity contribution in [1.29, 1.82) is 0 Å². The highest BCUT2D eigenvalue weighted by molar-refractivity contribution is 5.78. The average molecular weight is 263 g/mol. The predicted molar refractivity (Wildman–Crippen MR) is 73.1 cm³/mol. The van der Waals surface area contributed by atoms with Gasteiger partial charge < -0.3 is 14.7 Å². The van der Waals surface area contributed by atoms with E-state index in [4.69, 9.17) is 4.74 Å². The summed E-state index contributed by atoms with van der Waals surface area (Å²) in [6.45, 7) is 4.90. The van der Waals surface area contributed by atoms with Crippen LogP contribution in [0, 0.1) is 6.92 Å². The van der Waals surface area contributed by atoms with Crippen molar-refractivity contribution in [2.45, 2.75) is 32.3 Å². The Morgan fingerprint density at radius 2 is 2.11 bits per heavy atom. The molecule has 19 heavy (non-hydrogen) atoms. The lowest BCUT2D eigenvalue weighted by atomic mass is 9.95. The van der Waals surface area contributed by atoms with E-state index in [1.165, 1.54) is 0 Å². The molecule has 4 heteroatoms. The number of rotatable bonds is 3. The van der Waals surface area contributed by atoms with Crippen LogP contribution in [-0.2, 0) is 4.79 Å².